The SMILES string of the molecule is O=C(NCCCC(O)(P(=O)([O-])O)P(=O)([O-])O)c1cccc(O)c1O. The zero-order chi connectivity index (χ0) is 18.8. The van der Waals surface area contributed by atoms with Crippen LogP contribution in [-0.2, 0) is 9.13 Å². The molecule has 0 saturated heterocycles. The van der Waals surface area contributed by atoms with Crippen molar-refractivity contribution in [2.24, 2.45) is 0 Å². The van der Waals surface area contributed by atoms with Crippen molar-refractivity contribution < 1.29 is 48.8 Å². The predicted molar refractivity (Wildman–Crippen MR) is 75.9 cm³/mol. The van der Waals surface area contributed by atoms with E-state index in [1.54, 1.807) is 0 Å². The summed E-state index contributed by atoms with van der Waals surface area (Å²) in [5.74, 6) is -2.10. The second kappa shape index (κ2) is 7.20. The first-order chi connectivity index (χ1) is 10.8. The Bertz CT molecular complexity index is 687. The lowest BCUT2D eigenvalue weighted by atomic mass is 10.1. The van der Waals surface area contributed by atoms with E-state index in [4.69, 9.17) is 9.79 Å². The van der Waals surface area contributed by atoms with Gasteiger partial charge in [0.25, 0.3) is 5.91 Å². The lowest BCUT2D eigenvalue weighted by Gasteiger charge is -2.42. The molecular formula is C11H15NO10P2-2. The van der Waals surface area contributed by atoms with E-state index in [0.717, 1.165) is 6.07 Å². The highest BCUT2D eigenvalue weighted by atomic mass is 31.2. The second-order valence-corrected chi connectivity index (χ2v) is 8.76. The number of para-hydroxylation sites is 1. The number of carbonyl (C=O) groups excluding carboxylic acids is 1. The topological polar surface area (TPSA) is 211 Å². The minimum absolute atomic E-state index is 0.293. The number of hydrogen-bond acceptors (Lipinski definition) is 8. The van der Waals surface area contributed by atoms with Crippen molar-refractivity contribution in [3.8, 4) is 11.5 Å². The van der Waals surface area contributed by atoms with Crippen LogP contribution >= 0.6 is 15.2 Å². The van der Waals surface area contributed by atoms with E-state index in [1.807, 2.05) is 0 Å². The van der Waals surface area contributed by atoms with Gasteiger partial charge in [0.1, 0.15) is 0 Å². The van der Waals surface area contributed by atoms with Gasteiger partial charge in [0.2, 0.25) is 0 Å². The molecule has 6 N–H and O–H groups in total. The summed E-state index contributed by atoms with van der Waals surface area (Å²) in [6.07, 6.45) is -1.56. The molecule has 1 amide bonds. The number of amides is 1. The molecule has 0 aliphatic heterocycles. The number of benzene rings is 1. The van der Waals surface area contributed by atoms with E-state index >= 15 is 0 Å². The van der Waals surface area contributed by atoms with Crippen LogP contribution in [-0.4, -0.2) is 42.6 Å². The third-order valence-corrected chi connectivity index (χ3v) is 6.91. The summed E-state index contributed by atoms with van der Waals surface area (Å²) in [6, 6.07) is 3.59. The van der Waals surface area contributed by atoms with Gasteiger partial charge in [-0.1, -0.05) is 6.07 Å². The van der Waals surface area contributed by atoms with Gasteiger partial charge in [-0.2, -0.15) is 0 Å². The smallest absolute Gasteiger partial charge is 0.255 e. The normalized spacial score (nSPS) is 18.9. The average molecular weight is 383 g/mol. The largest absolute Gasteiger partial charge is 0.776 e. The minimum Gasteiger partial charge on any atom is -0.776 e. The number of aliphatic hydroxyl groups is 1. The molecule has 0 radical (unpaired) electrons. The standard InChI is InChI=1S/C11H17NO10P2/c13-8-4-1-3-7(9(8)14)10(15)12-6-2-5-11(16,23(17,18)19)24(20,21)22/h1,3-4,13-14,16H,2,5-6H2,(H,12,15)(H2,17,18,19)(H2,20,21,22)/p-2. The Morgan fingerprint density at radius 1 is 1.17 bits per heavy atom. The molecule has 1 aromatic rings. The molecule has 1 rings (SSSR count). The van der Waals surface area contributed by atoms with Crippen molar-refractivity contribution in [2.45, 2.75) is 17.9 Å². The minimum atomic E-state index is -5.85. The first-order valence-corrected chi connectivity index (χ1v) is 9.56. The Hall–Kier alpha value is -1.45. The van der Waals surface area contributed by atoms with Crippen molar-refractivity contribution in [3.63, 3.8) is 0 Å². The maximum atomic E-state index is 11.8. The lowest BCUT2D eigenvalue weighted by molar-refractivity contribution is -0.226. The molecule has 0 fully saturated rings. The van der Waals surface area contributed by atoms with Crippen LogP contribution < -0.4 is 15.1 Å². The Morgan fingerprint density at radius 2 is 1.71 bits per heavy atom. The van der Waals surface area contributed by atoms with Gasteiger partial charge < -0.3 is 49.3 Å². The summed E-state index contributed by atoms with van der Waals surface area (Å²) in [5.41, 5.74) is -0.293. The molecule has 2 atom stereocenters. The lowest BCUT2D eigenvalue weighted by Crippen LogP contribution is -2.38. The Labute approximate surface area is 135 Å². The molecule has 1 aromatic carbocycles. The highest BCUT2D eigenvalue weighted by Crippen LogP contribution is 2.65. The number of phenolic OH excluding ortho intramolecular Hbond substituents is 2. The third-order valence-electron chi connectivity index (χ3n) is 3.14. The molecular weight excluding hydrogens is 368 g/mol. The maximum absolute atomic E-state index is 11.8. The van der Waals surface area contributed by atoms with Crippen LogP contribution in [0.25, 0.3) is 0 Å². The van der Waals surface area contributed by atoms with Crippen LogP contribution in [0.1, 0.15) is 23.2 Å². The summed E-state index contributed by atoms with van der Waals surface area (Å²) in [5, 5.41) is 26.7. The van der Waals surface area contributed by atoms with Crippen molar-refractivity contribution in [1.29, 1.82) is 0 Å². The van der Waals surface area contributed by atoms with E-state index in [2.05, 4.69) is 5.32 Å². The summed E-state index contributed by atoms with van der Waals surface area (Å²) < 4.78 is 22.0. The predicted octanol–water partition coefficient (Wildman–Crippen LogP) is -1.65. The molecule has 0 saturated carbocycles. The van der Waals surface area contributed by atoms with Crippen LogP contribution in [0.5, 0.6) is 11.5 Å². The molecule has 13 heteroatoms. The van der Waals surface area contributed by atoms with E-state index < -0.39 is 50.5 Å². The van der Waals surface area contributed by atoms with Gasteiger partial charge in [-0.25, -0.2) is 0 Å². The van der Waals surface area contributed by atoms with E-state index in [1.165, 1.54) is 12.1 Å². The highest BCUT2D eigenvalue weighted by Gasteiger charge is 2.46. The van der Waals surface area contributed by atoms with Gasteiger partial charge in [-0.15, -0.1) is 0 Å². The van der Waals surface area contributed by atoms with Crippen LogP contribution in [0.4, 0.5) is 0 Å². The third kappa shape index (κ3) is 4.34. The number of carbonyl (C=O) groups is 1. The van der Waals surface area contributed by atoms with Gasteiger partial charge >= 0.3 is 0 Å². The zero-order valence-electron chi connectivity index (χ0n) is 12.0. The van der Waals surface area contributed by atoms with Gasteiger partial charge in [0, 0.05) is 6.54 Å². The molecule has 11 nitrogen and oxygen atoms in total. The Balaban J connectivity index is 2.71. The highest BCUT2D eigenvalue weighted by molar-refractivity contribution is 7.70. The number of nitrogens with one attached hydrogen (secondary N) is 1. The molecule has 0 bridgehead atoms. The number of rotatable bonds is 7. The molecule has 2 unspecified atom stereocenters. The Morgan fingerprint density at radius 3 is 2.21 bits per heavy atom. The molecule has 0 aliphatic rings. The van der Waals surface area contributed by atoms with E-state index in [9.17, 15) is 39.0 Å². The van der Waals surface area contributed by atoms with Crippen LogP contribution in [0.2, 0.25) is 0 Å². The number of aromatic hydroxyl groups is 2. The van der Waals surface area contributed by atoms with Crippen LogP contribution in [0, 0.1) is 0 Å². The molecule has 0 aliphatic carbocycles. The maximum Gasteiger partial charge on any atom is 0.255 e. The monoisotopic (exact) mass is 383 g/mol. The van der Waals surface area contributed by atoms with E-state index in [-0.39, 0.29) is 12.1 Å². The van der Waals surface area contributed by atoms with Gasteiger partial charge in [0.15, 0.2) is 31.8 Å². The van der Waals surface area contributed by atoms with Gasteiger partial charge in [0.05, 0.1) is 5.56 Å². The molecule has 0 aromatic heterocycles. The fourth-order valence-electron chi connectivity index (χ4n) is 1.78. The fourth-order valence-corrected chi connectivity index (χ4v) is 3.94. The van der Waals surface area contributed by atoms with Crippen LogP contribution in [0.15, 0.2) is 18.2 Å². The van der Waals surface area contributed by atoms with Crippen molar-refractivity contribution in [1.82, 2.24) is 5.32 Å². The molecule has 0 heterocycles. The summed E-state index contributed by atoms with van der Waals surface area (Å²) >= 11 is 0. The van der Waals surface area contributed by atoms with Crippen molar-refractivity contribution >= 4 is 21.1 Å². The second-order valence-electron chi connectivity index (χ2n) is 4.85. The number of phenols is 2. The summed E-state index contributed by atoms with van der Waals surface area (Å²) in [6.45, 7) is -0.365. The fraction of sp³-hybridized carbons (Fsp3) is 0.364. The van der Waals surface area contributed by atoms with Crippen LogP contribution in [0.3, 0.4) is 0 Å². The van der Waals surface area contributed by atoms with Crippen molar-refractivity contribution in [3.05, 3.63) is 23.8 Å². The zero-order valence-corrected chi connectivity index (χ0v) is 13.8. The Kier molecular flexibility index (Phi) is 6.18. The summed E-state index contributed by atoms with van der Waals surface area (Å²) in [7, 11) is -11.7. The summed E-state index contributed by atoms with van der Waals surface area (Å²) in [4.78, 5) is 51.3. The molecule has 136 valence electrons. The van der Waals surface area contributed by atoms with Gasteiger partial charge in [-0.3, -0.25) is 4.79 Å². The first kappa shape index (κ1) is 20.6. The quantitative estimate of drug-likeness (QED) is 0.179. The van der Waals surface area contributed by atoms with Gasteiger partial charge in [-0.05, 0) is 25.0 Å². The molecule has 24 heavy (non-hydrogen) atoms. The van der Waals surface area contributed by atoms with E-state index in [0.29, 0.717) is 0 Å². The molecule has 0 spiro atoms. The average Bonchev–Trinajstić information content (AvgIpc) is 2.43. The first-order valence-electron chi connectivity index (χ1n) is 6.40. The number of hydrogen-bond donors (Lipinski definition) is 6. The van der Waals surface area contributed by atoms with Crippen molar-refractivity contribution in [2.75, 3.05) is 6.54 Å².